The van der Waals surface area contributed by atoms with Crippen molar-refractivity contribution in [3.63, 3.8) is 0 Å². The number of piperidine rings is 1. The summed E-state index contributed by atoms with van der Waals surface area (Å²) in [4.78, 5) is 13.4. The number of carbonyl (C=O) groups excluding carboxylic acids is 1. The molecule has 0 bridgehead atoms. The molecule has 88 valence electrons. The standard InChI is InChI=1S/C12H23NO2/c1-15-11-5-3-2-4-8-13-9-6-12(14)7-10-13/h2-11H2,1H3. The summed E-state index contributed by atoms with van der Waals surface area (Å²) in [6.07, 6.45) is 6.52. The molecule has 0 aromatic carbocycles. The molecule has 0 unspecified atom stereocenters. The number of nitrogens with zero attached hydrogens (tertiary/aromatic N) is 1. The molecule has 0 aliphatic carbocycles. The van der Waals surface area contributed by atoms with Gasteiger partial charge in [0.1, 0.15) is 5.78 Å². The number of ketones is 1. The van der Waals surface area contributed by atoms with Gasteiger partial charge in [-0.2, -0.15) is 0 Å². The molecule has 3 heteroatoms. The van der Waals surface area contributed by atoms with Gasteiger partial charge in [-0.3, -0.25) is 4.79 Å². The van der Waals surface area contributed by atoms with Gasteiger partial charge in [-0.25, -0.2) is 0 Å². The molecular weight excluding hydrogens is 190 g/mol. The van der Waals surface area contributed by atoms with Gasteiger partial charge in [-0.15, -0.1) is 0 Å². The zero-order chi connectivity index (χ0) is 10.9. The van der Waals surface area contributed by atoms with E-state index in [-0.39, 0.29) is 0 Å². The van der Waals surface area contributed by atoms with Crippen LogP contribution in [0.1, 0.15) is 38.5 Å². The number of carbonyl (C=O) groups is 1. The minimum Gasteiger partial charge on any atom is -0.385 e. The molecule has 15 heavy (non-hydrogen) atoms. The highest BCUT2D eigenvalue weighted by Gasteiger charge is 2.14. The predicted molar refractivity (Wildman–Crippen MR) is 61.0 cm³/mol. The topological polar surface area (TPSA) is 29.5 Å². The Morgan fingerprint density at radius 2 is 1.80 bits per heavy atom. The molecule has 0 spiro atoms. The van der Waals surface area contributed by atoms with Crippen LogP contribution in [0.2, 0.25) is 0 Å². The number of Topliss-reactive ketones (excluding diaryl/α,β-unsaturated/α-hetero) is 1. The summed E-state index contributed by atoms with van der Waals surface area (Å²) in [6, 6.07) is 0. The van der Waals surface area contributed by atoms with E-state index in [4.69, 9.17) is 4.74 Å². The molecule has 1 aliphatic heterocycles. The summed E-state index contributed by atoms with van der Waals surface area (Å²) in [5.41, 5.74) is 0. The molecule has 1 aliphatic rings. The Hall–Kier alpha value is -0.410. The third-order valence-corrected chi connectivity index (χ3v) is 2.99. The lowest BCUT2D eigenvalue weighted by molar-refractivity contribution is -0.121. The van der Waals surface area contributed by atoms with Crippen LogP contribution in [0.5, 0.6) is 0 Å². The number of ether oxygens (including phenoxy) is 1. The maximum atomic E-state index is 11.0. The molecule has 0 aromatic heterocycles. The first kappa shape index (κ1) is 12.7. The first-order valence-electron chi connectivity index (χ1n) is 6.06. The summed E-state index contributed by atoms with van der Waals surface area (Å²) >= 11 is 0. The summed E-state index contributed by atoms with van der Waals surface area (Å²) in [7, 11) is 1.75. The third kappa shape index (κ3) is 5.90. The minimum absolute atomic E-state index is 0.436. The van der Waals surface area contributed by atoms with E-state index in [1.807, 2.05) is 0 Å². The van der Waals surface area contributed by atoms with Crippen LogP contribution in [0.15, 0.2) is 0 Å². The SMILES string of the molecule is COCCCCCCN1CCC(=O)CC1. The predicted octanol–water partition coefficient (Wildman–Crippen LogP) is 1.86. The van der Waals surface area contributed by atoms with Crippen molar-refractivity contribution in [1.82, 2.24) is 4.90 Å². The van der Waals surface area contributed by atoms with Crippen LogP contribution < -0.4 is 0 Å². The number of methoxy groups -OCH3 is 1. The van der Waals surface area contributed by atoms with Gasteiger partial charge in [0.05, 0.1) is 0 Å². The second-order valence-corrected chi connectivity index (χ2v) is 4.29. The molecule has 0 saturated carbocycles. The van der Waals surface area contributed by atoms with Gasteiger partial charge < -0.3 is 9.64 Å². The maximum Gasteiger partial charge on any atom is 0.135 e. The van der Waals surface area contributed by atoms with Gasteiger partial charge in [-0.05, 0) is 19.4 Å². The molecule has 1 fully saturated rings. The van der Waals surface area contributed by atoms with Crippen LogP contribution in [0.4, 0.5) is 0 Å². The van der Waals surface area contributed by atoms with Gasteiger partial charge in [0.25, 0.3) is 0 Å². The Balaban J connectivity index is 1.89. The van der Waals surface area contributed by atoms with Crippen molar-refractivity contribution in [3.05, 3.63) is 0 Å². The van der Waals surface area contributed by atoms with E-state index in [2.05, 4.69) is 4.90 Å². The fraction of sp³-hybridized carbons (Fsp3) is 0.917. The van der Waals surface area contributed by atoms with E-state index < -0.39 is 0 Å². The minimum atomic E-state index is 0.436. The first-order chi connectivity index (χ1) is 7.33. The fourth-order valence-electron chi connectivity index (χ4n) is 1.96. The molecule has 0 N–H and O–H groups in total. The van der Waals surface area contributed by atoms with E-state index in [1.165, 1.54) is 32.2 Å². The third-order valence-electron chi connectivity index (χ3n) is 2.99. The lowest BCUT2D eigenvalue weighted by Crippen LogP contribution is -2.34. The molecule has 1 rings (SSSR count). The largest absolute Gasteiger partial charge is 0.385 e. The van der Waals surface area contributed by atoms with Gasteiger partial charge >= 0.3 is 0 Å². The molecule has 1 saturated heterocycles. The van der Waals surface area contributed by atoms with E-state index in [1.54, 1.807) is 7.11 Å². The van der Waals surface area contributed by atoms with Gasteiger partial charge in [0.15, 0.2) is 0 Å². The molecule has 3 nitrogen and oxygen atoms in total. The summed E-state index contributed by atoms with van der Waals surface area (Å²) < 4.78 is 5.00. The second-order valence-electron chi connectivity index (χ2n) is 4.29. The highest BCUT2D eigenvalue weighted by molar-refractivity contribution is 5.79. The molecule has 0 atom stereocenters. The van der Waals surface area contributed by atoms with Gasteiger partial charge in [0, 0.05) is 39.6 Å². The number of unbranched alkanes of at least 4 members (excludes halogenated alkanes) is 3. The normalized spacial score (nSPS) is 18.3. The lowest BCUT2D eigenvalue weighted by Gasteiger charge is -2.25. The molecular formula is C12H23NO2. The summed E-state index contributed by atoms with van der Waals surface area (Å²) in [5, 5.41) is 0. The van der Waals surface area contributed by atoms with Crippen LogP contribution in [0.3, 0.4) is 0 Å². The average Bonchev–Trinajstić information content (AvgIpc) is 2.26. The second kappa shape index (κ2) is 7.83. The Labute approximate surface area is 92.8 Å². The molecule has 1 heterocycles. The van der Waals surface area contributed by atoms with Crippen LogP contribution >= 0.6 is 0 Å². The maximum absolute atomic E-state index is 11.0. The number of likely N-dealkylation sites (tertiary alicyclic amines) is 1. The van der Waals surface area contributed by atoms with Gasteiger partial charge in [0.2, 0.25) is 0 Å². The van der Waals surface area contributed by atoms with E-state index >= 15 is 0 Å². The van der Waals surface area contributed by atoms with Crippen LogP contribution in [-0.2, 0) is 9.53 Å². The Kier molecular flexibility index (Phi) is 6.60. The Morgan fingerprint density at radius 1 is 1.13 bits per heavy atom. The number of hydrogen-bond donors (Lipinski definition) is 0. The first-order valence-corrected chi connectivity index (χ1v) is 6.06. The highest BCUT2D eigenvalue weighted by Crippen LogP contribution is 2.08. The Morgan fingerprint density at radius 3 is 2.47 bits per heavy atom. The quantitative estimate of drug-likeness (QED) is 0.605. The van der Waals surface area contributed by atoms with Crippen molar-refractivity contribution in [1.29, 1.82) is 0 Å². The average molecular weight is 213 g/mol. The van der Waals surface area contributed by atoms with Crippen molar-refractivity contribution >= 4 is 5.78 Å². The zero-order valence-corrected chi connectivity index (χ0v) is 9.83. The van der Waals surface area contributed by atoms with Crippen molar-refractivity contribution < 1.29 is 9.53 Å². The fourth-order valence-corrected chi connectivity index (χ4v) is 1.96. The van der Waals surface area contributed by atoms with Crippen LogP contribution in [0.25, 0.3) is 0 Å². The molecule has 0 aromatic rings. The summed E-state index contributed by atoms with van der Waals surface area (Å²) in [6.45, 7) is 4.02. The summed E-state index contributed by atoms with van der Waals surface area (Å²) in [5.74, 6) is 0.436. The highest BCUT2D eigenvalue weighted by atomic mass is 16.5. The zero-order valence-electron chi connectivity index (χ0n) is 9.83. The number of hydrogen-bond acceptors (Lipinski definition) is 3. The number of rotatable bonds is 7. The molecule has 0 amide bonds. The van der Waals surface area contributed by atoms with Crippen LogP contribution in [0, 0.1) is 0 Å². The van der Waals surface area contributed by atoms with E-state index in [0.717, 1.165) is 32.5 Å². The van der Waals surface area contributed by atoms with Crippen molar-refractivity contribution in [3.8, 4) is 0 Å². The van der Waals surface area contributed by atoms with Crippen molar-refractivity contribution in [2.24, 2.45) is 0 Å². The van der Waals surface area contributed by atoms with Crippen LogP contribution in [-0.4, -0.2) is 44.0 Å². The Bertz CT molecular complexity index is 172. The van der Waals surface area contributed by atoms with Crippen molar-refractivity contribution in [2.75, 3.05) is 33.4 Å². The smallest absolute Gasteiger partial charge is 0.135 e. The lowest BCUT2D eigenvalue weighted by atomic mass is 10.1. The van der Waals surface area contributed by atoms with E-state index in [9.17, 15) is 4.79 Å². The van der Waals surface area contributed by atoms with Gasteiger partial charge in [-0.1, -0.05) is 12.8 Å². The van der Waals surface area contributed by atoms with Crippen molar-refractivity contribution in [2.45, 2.75) is 38.5 Å². The monoisotopic (exact) mass is 213 g/mol. The molecule has 0 radical (unpaired) electrons. The van der Waals surface area contributed by atoms with E-state index in [0.29, 0.717) is 5.78 Å².